The maximum atomic E-state index is 13.1. The van der Waals surface area contributed by atoms with Crippen molar-refractivity contribution in [3.63, 3.8) is 0 Å². The molecule has 1 nitrogen and oxygen atoms in total. The van der Waals surface area contributed by atoms with Crippen LogP contribution in [0.2, 0.25) is 0 Å². The Hall–Kier alpha value is -0.960. The summed E-state index contributed by atoms with van der Waals surface area (Å²) in [6.45, 7) is 1.98. The molecule has 14 heavy (non-hydrogen) atoms. The minimum Gasteiger partial charge on any atom is -0.388 e. The molecule has 0 bridgehead atoms. The molecule has 0 aliphatic heterocycles. The molecule has 1 aromatic carbocycles. The fraction of sp³-hybridized carbons (Fsp3) is 0.455. The quantitative estimate of drug-likeness (QED) is 0.791. The lowest BCUT2D eigenvalue weighted by Gasteiger charge is -2.11. The van der Waals surface area contributed by atoms with Crippen molar-refractivity contribution in [3.8, 4) is 0 Å². The molecule has 1 rings (SSSR count). The van der Waals surface area contributed by atoms with E-state index < -0.39 is 17.7 Å². The SMILES string of the molecule is CCCC[C@@H](O)c1cccc(F)c1F. The molecule has 0 saturated carbocycles. The molecule has 0 radical (unpaired) electrons. The summed E-state index contributed by atoms with van der Waals surface area (Å²) in [6.07, 6.45) is 1.30. The molecule has 0 aliphatic carbocycles. The van der Waals surface area contributed by atoms with E-state index >= 15 is 0 Å². The third-order valence-corrected chi connectivity index (χ3v) is 2.17. The first kappa shape index (κ1) is 11.1. The summed E-state index contributed by atoms with van der Waals surface area (Å²) in [5, 5.41) is 9.55. The number of halogens is 2. The molecule has 0 heterocycles. The van der Waals surface area contributed by atoms with Gasteiger partial charge >= 0.3 is 0 Å². The lowest BCUT2D eigenvalue weighted by Crippen LogP contribution is -2.02. The van der Waals surface area contributed by atoms with E-state index in [2.05, 4.69) is 0 Å². The van der Waals surface area contributed by atoms with E-state index in [0.717, 1.165) is 18.9 Å². The van der Waals surface area contributed by atoms with Gasteiger partial charge in [0.15, 0.2) is 11.6 Å². The monoisotopic (exact) mass is 200 g/mol. The minimum absolute atomic E-state index is 0.0541. The predicted octanol–water partition coefficient (Wildman–Crippen LogP) is 3.19. The van der Waals surface area contributed by atoms with Gasteiger partial charge in [0.2, 0.25) is 0 Å². The Morgan fingerprint density at radius 2 is 2.07 bits per heavy atom. The second-order valence-corrected chi connectivity index (χ2v) is 3.30. The van der Waals surface area contributed by atoms with Crippen LogP contribution in [-0.4, -0.2) is 5.11 Å². The van der Waals surface area contributed by atoms with E-state index in [1.54, 1.807) is 0 Å². The zero-order valence-corrected chi connectivity index (χ0v) is 8.13. The van der Waals surface area contributed by atoms with Crippen molar-refractivity contribution in [1.29, 1.82) is 0 Å². The number of aliphatic hydroxyl groups excluding tert-OH is 1. The molecule has 0 spiro atoms. The molecule has 0 fully saturated rings. The Balaban J connectivity index is 2.79. The molecule has 1 aromatic rings. The van der Waals surface area contributed by atoms with Crippen LogP contribution in [0, 0.1) is 11.6 Å². The fourth-order valence-electron chi connectivity index (χ4n) is 1.33. The number of hydrogen-bond donors (Lipinski definition) is 1. The highest BCUT2D eigenvalue weighted by Gasteiger charge is 2.14. The number of hydrogen-bond acceptors (Lipinski definition) is 1. The smallest absolute Gasteiger partial charge is 0.164 e. The van der Waals surface area contributed by atoms with E-state index in [9.17, 15) is 13.9 Å². The Kier molecular flexibility index (Phi) is 4.01. The zero-order chi connectivity index (χ0) is 10.6. The second kappa shape index (κ2) is 5.05. The van der Waals surface area contributed by atoms with Crippen molar-refractivity contribution in [2.75, 3.05) is 0 Å². The molecule has 1 N–H and O–H groups in total. The topological polar surface area (TPSA) is 20.2 Å². The maximum Gasteiger partial charge on any atom is 0.164 e. The molecule has 78 valence electrons. The van der Waals surface area contributed by atoms with Gasteiger partial charge in [-0.1, -0.05) is 31.9 Å². The summed E-state index contributed by atoms with van der Waals surface area (Å²) in [7, 11) is 0. The van der Waals surface area contributed by atoms with Gasteiger partial charge in [0, 0.05) is 5.56 Å². The highest BCUT2D eigenvalue weighted by atomic mass is 19.2. The minimum atomic E-state index is -0.934. The summed E-state index contributed by atoms with van der Waals surface area (Å²) in [6, 6.07) is 3.87. The summed E-state index contributed by atoms with van der Waals surface area (Å²) in [4.78, 5) is 0. The summed E-state index contributed by atoms with van der Waals surface area (Å²) in [5.41, 5.74) is 0.0541. The molecule has 0 aliphatic rings. The van der Waals surface area contributed by atoms with Gasteiger partial charge in [0.1, 0.15) is 0 Å². The van der Waals surface area contributed by atoms with Crippen LogP contribution < -0.4 is 0 Å². The van der Waals surface area contributed by atoms with Crippen molar-refractivity contribution in [3.05, 3.63) is 35.4 Å². The molecular formula is C11H14F2O. The maximum absolute atomic E-state index is 13.1. The third-order valence-electron chi connectivity index (χ3n) is 2.17. The van der Waals surface area contributed by atoms with Crippen LogP contribution in [-0.2, 0) is 0 Å². The third kappa shape index (κ3) is 2.51. The van der Waals surface area contributed by atoms with Gasteiger partial charge in [-0.3, -0.25) is 0 Å². The van der Waals surface area contributed by atoms with Gasteiger partial charge < -0.3 is 5.11 Å². The zero-order valence-electron chi connectivity index (χ0n) is 8.13. The number of rotatable bonds is 4. The van der Waals surface area contributed by atoms with Crippen LogP contribution in [0.4, 0.5) is 8.78 Å². The summed E-state index contributed by atoms with van der Waals surface area (Å²) < 4.78 is 25.9. The fourth-order valence-corrected chi connectivity index (χ4v) is 1.33. The molecule has 0 aromatic heterocycles. The lowest BCUT2D eigenvalue weighted by molar-refractivity contribution is 0.158. The van der Waals surface area contributed by atoms with E-state index in [0.29, 0.717) is 6.42 Å². The van der Waals surface area contributed by atoms with Crippen molar-refractivity contribution >= 4 is 0 Å². The van der Waals surface area contributed by atoms with Gasteiger partial charge in [-0.05, 0) is 12.5 Å². The lowest BCUT2D eigenvalue weighted by atomic mass is 10.0. The molecule has 0 unspecified atom stereocenters. The van der Waals surface area contributed by atoms with Crippen LogP contribution in [0.15, 0.2) is 18.2 Å². The number of unbranched alkanes of at least 4 members (excludes halogenated alkanes) is 1. The van der Waals surface area contributed by atoms with Crippen LogP contribution >= 0.6 is 0 Å². The van der Waals surface area contributed by atoms with Gasteiger partial charge in [0.05, 0.1) is 6.10 Å². The normalized spacial score (nSPS) is 12.9. The average molecular weight is 200 g/mol. The number of aliphatic hydroxyl groups is 1. The van der Waals surface area contributed by atoms with E-state index in [1.165, 1.54) is 12.1 Å². The number of benzene rings is 1. The Bertz CT molecular complexity index is 299. The highest BCUT2D eigenvalue weighted by molar-refractivity contribution is 5.21. The molecule has 0 saturated heterocycles. The van der Waals surface area contributed by atoms with Crippen LogP contribution in [0.1, 0.15) is 37.9 Å². The Morgan fingerprint density at radius 3 is 2.71 bits per heavy atom. The summed E-state index contributed by atoms with van der Waals surface area (Å²) in [5.74, 6) is -1.84. The molecular weight excluding hydrogens is 186 g/mol. The Morgan fingerprint density at radius 1 is 1.36 bits per heavy atom. The Labute approximate surface area is 82.4 Å². The van der Waals surface area contributed by atoms with E-state index in [1.807, 2.05) is 6.92 Å². The van der Waals surface area contributed by atoms with Crippen molar-refractivity contribution in [2.24, 2.45) is 0 Å². The van der Waals surface area contributed by atoms with Crippen LogP contribution in [0.5, 0.6) is 0 Å². The van der Waals surface area contributed by atoms with Crippen LogP contribution in [0.25, 0.3) is 0 Å². The van der Waals surface area contributed by atoms with Gasteiger partial charge in [-0.25, -0.2) is 8.78 Å². The molecule has 0 amide bonds. The molecule has 3 heteroatoms. The molecule has 1 atom stereocenters. The first-order chi connectivity index (χ1) is 6.66. The second-order valence-electron chi connectivity index (χ2n) is 3.30. The highest BCUT2D eigenvalue weighted by Crippen LogP contribution is 2.23. The first-order valence-electron chi connectivity index (χ1n) is 4.78. The summed E-state index contributed by atoms with van der Waals surface area (Å²) >= 11 is 0. The van der Waals surface area contributed by atoms with Gasteiger partial charge in [0.25, 0.3) is 0 Å². The predicted molar refractivity (Wildman–Crippen MR) is 50.8 cm³/mol. The van der Waals surface area contributed by atoms with E-state index in [4.69, 9.17) is 0 Å². The van der Waals surface area contributed by atoms with Gasteiger partial charge in [-0.2, -0.15) is 0 Å². The van der Waals surface area contributed by atoms with Gasteiger partial charge in [-0.15, -0.1) is 0 Å². The van der Waals surface area contributed by atoms with Crippen molar-refractivity contribution in [1.82, 2.24) is 0 Å². The van der Waals surface area contributed by atoms with E-state index in [-0.39, 0.29) is 5.56 Å². The van der Waals surface area contributed by atoms with Crippen LogP contribution in [0.3, 0.4) is 0 Å². The van der Waals surface area contributed by atoms with Crippen molar-refractivity contribution in [2.45, 2.75) is 32.3 Å². The average Bonchev–Trinajstić information content (AvgIpc) is 2.18. The van der Waals surface area contributed by atoms with Crippen molar-refractivity contribution < 1.29 is 13.9 Å². The largest absolute Gasteiger partial charge is 0.388 e. The standard InChI is InChI=1S/C11H14F2O/c1-2-3-7-10(14)8-5-4-6-9(12)11(8)13/h4-6,10,14H,2-3,7H2,1H3/t10-/m1/s1. The first-order valence-corrected chi connectivity index (χ1v) is 4.78.